The minimum absolute atomic E-state index is 0.0554. The Balaban J connectivity index is 1.74. The minimum atomic E-state index is -4.32. The molecule has 1 saturated carbocycles. The van der Waals surface area contributed by atoms with Crippen molar-refractivity contribution < 1.29 is 32.2 Å². The van der Waals surface area contributed by atoms with Crippen molar-refractivity contribution in [1.82, 2.24) is 10.2 Å². The van der Waals surface area contributed by atoms with Crippen molar-refractivity contribution in [1.29, 1.82) is 0 Å². The average Bonchev–Trinajstić information content (AvgIpc) is 3.57. The summed E-state index contributed by atoms with van der Waals surface area (Å²) in [6, 6.07) is 17.0. The fourth-order valence-corrected chi connectivity index (χ4v) is 7.14. The summed E-state index contributed by atoms with van der Waals surface area (Å²) in [6.45, 7) is 3.65. The third-order valence-corrected chi connectivity index (χ3v) is 10.0. The fraction of sp³-hybridized carbons (Fsp3) is 0.412. The second kappa shape index (κ2) is 16.0. The van der Waals surface area contributed by atoms with Crippen molar-refractivity contribution in [3.8, 4) is 17.2 Å². The number of rotatable bonds is 15. The zero-order valence-corrected chi connectivity index (χ0v) is 28.3. The Hall–Kier alpha value is -3.96. The first-order chi connectivity index (χ1) is 22.1. The minimum Gasteiger partial charge on any atom is -0.494 e. The summed E-state index contributed by atoms with van der Waals surface area (Å²) >= 11 is 6.12. The van der Waals surface area contributed by atoms with E-state index in [2.05, 4.69) is 5.32 Å². The Morgan fingerprint density at radius 3 is 2.17 bits per heavy atom. The Morgan fingerprint density at radius 1 is 0.935 bits per heavy atom. The van der Waals surface area contributed by atoms with Crippen molar-refractivity contribution in [3.63, 3.8) is 0 Å². The van der Waals surface area contributed by atoms with Crippen LogP contribution in [-0.2, 0) is 26.2 Å². The third-order valence-electron chi connectivity index (χ3n) is 8.01. The third kappa shape index (κ3) is 8.44. The molecule has 1 N–H and O–H groups in total. The molecule has 1 unspecified atom stereocenters. The maximum absolute atomic E-state index is 14.4. The number of amides is 2. The molecular weight excluding hydrogens is 630 g/mol. The zero-order chi connectivity index (χ0) is 33.3. The van der Waals surface area contributed by atoms with Crippen LogP contribution in [0.2, 0.25) is 5.02 Å². The van der Waals surface area contributed by atoms with Gasteiger partial charge in [-0.3, -0.25) is 13.9 Å². The largest absolute Gasteiger partial charge is 0.494 e. The number of hydrogen-bond donors (Lipinski definition) is 1. The lowest BCUT2D eigenvalue weighted by atomic mass is 10.1. The van der Waals surface area contributed by atoms with Crippen molar-refractivity contribution in [2.24, 2.45) is 0 Å². The van der Waals surface area contributed by atoms with Crippen molar-refractivity contribution in [3.05, 3.63) is 77.3 Å². The lowest BCUT2D eigenvalue weighted by Gasteiger charge is -2.34. The highest BCUT2D eigenvalue weighted by molar-refractivity contribution is 7.92. The van der Waals surface area contributed by atoms with Gasteiger partial charge in [-0.25, -0.2) is 8.42 Å². The SMILES string of the molecule is CCOc1ccc(N(CC(=O)N(Cc2ccc(Cl)cc2)C(CC)C(=O)NC2CCCC2)S(=O)(=O)c2ccc(OC)c(OC)c2)cc1. The number of carbonyl (C=O) groups is 2. The van der Waals surface area contributed by atoms with Crippen molar-refractivity contribution in [2.45, 2.75) is 69.5 Å². The Labute approximate surface area is 276 Å². The van der Waals surface area contributed by atoms with E-state index in [1.54, 1.807) is 48.5 Å². The second-order valence-corrected chi connectivity index (χ2v) is 13.3. The van der Waals surface area contributed by atoms with Crippen molar-refractivity contribution in [2.75, 3.05) is 31.7 Å². The first kappa shape index (κ1) is 34.9. The summed E-state index contributed by atoms with van der Waals surface area (Å²) in [5.74, 6) is 0.340. The average molecular weight is 672 g/mol. The molecule has 248 valence electrons. The van der Waals surface area contributed by atoms with Crippen LogP contribution in [0.3, 0.4) is 0 Å². The molecule has 0 saturated heterocycles. The fourth-order valence-electron chi connectivity index (χ4n) is 5.58. The standard InChI is InChI=1S/C34H42ClN3O7S/c1-5-30(34(40)36-26-9-7-8-10-26)37(22-24-11-13-25(35)14-12-24)33(39)23-38(27-15-17-28(18-16-27)45-6-2)46(41,42)29-19-20-31(43-3)32(21-29)44-4/h11-21,26,30H,5-10,22-23H2,1-4H3,(H,36,40). The van der Waals surface area contributed by atoms with E-state index < -0.39 is 28.5 Å². The van der Waals surface area contributed by atoms with Gasteiger partial charge in [-0.1, -0.05) is 43.5 Å². The molecule has 0 aliphatic heterocycles. The molecular formula is C34H42ClN3O7S. The Bertz CT molecular complexity index is 1580. The second-order valence-electron chi connectivity index (χ2n) is 11.0. The lowest BCUT2D eigenvalue weighted by molar-refractivity contribution is -0.140. The summed E-state index contributed by atoms with van der Waals surface area (Å²) in [4.78, 5) is 29.3. The number of nitrogens with one attached hydrogen (secondary N) is 1. The number of nitrogens with zero attached hydrogens (tertiary/aromatic N) is 2. The van der Waals surface area contributed by atoms with Gasteiger partial charge in [0.2, 0.25) is 11.8 Å². The van der Waals surface area contributed by atoms with E-state index in [1.807, 2.05) is 13.8 Å². The molecule has 10 nitrogen and oxygen atoms in total. The van der Waals surface area contributed by atoms with Gasteiger partial charge >= 0.3 is 0 Å². The van der Waals surface area contributed by atoms with Crippen LogP contribution in [0.15, 0.2) is 71.6 Å². The van der Waals surface area contributed by atoms with Gasteiger partial charge < -0.3 is 24.4 Å². The number of hydrogen-bond acceptors (Lipinski definition) is 7. The highest BCUT2D eigenvalue weighted by Gasteiger charge is 2.35. The lowest BCUT2D eigenvalue weighted by Crippen LogP contribution is -2.53. The van der Waals surface area contributed by atoms with Crippen LogP contribution >= 0.6 is 11.6 Å². The first-order valence-corrected chi connectivity index (χ1v) is 17.2. The van der Waals surface area contributed by atoms with E-state index >= 15 is 0 Å². The molecule has 0 radical (unpaired) electrons. The zero-order valence-electron chi connectivity index (χ0n) is 26.7. The topological polar surface area (TPSA) is 114 Å². The molecule has 1 aliphatic carbocycles. The van der Waals surface area contributed by atoms with E-state index in [0.29, 0.717) is 29.5 Å². The monoisotopic (exact) mass is 671 g/mol. The van der Waals surface area contributed by atoms with Crippen LogP contribution in [0.1, 0.15) is 51.5 Å². The summed E-state index contributed by atoms with van der Waals surface area (Å²) in [5, 5.41) is 3.65. The molecule has 0 aromatic heterocycles. The van der Waals surface area contributed by atoms with E-state index in [0.717, 1.165) is 35.6 Å². The number of methoxy groups -OCH3 is 2. The van der Waals surface area contributed by atoms with Crippen LogP contribution < -0.4 is 23.8 Å². The quantitative estimate of drug-likeness (QED) is 0.217. The Morgan fingerprint density at radius 2 is 1.59 bits per heavy atom. The van der Waals surface area contributed by atoms with Crippen LogP contribution in [0.25, 0.3) is 0 Å². The van der Waals surface area contributed by atoms with Crippen LogP contribution in [-0.4, -0.2) is 64.6 Å². The molecule has 0 bridgehead atoms. The maximum atomic E-state index is 14.4. The van der Waals surface area contributed by atoms with E-state index in [9.17, 15) is 18.0 Å². The van der Waals surface area contributed by atoms with Gasteiger partial charge in [0.25, 0.3) is 10.0 Å². The van der Waals surface area contributed by atoms with Gasteiger partial charge in [0.05, 0.1) is 31.4 Å². The number of sulfonamides is 1. The number of anilines is 1. The van der Waals surface area contributed by atoms with E-state index in [-0.39, 0.29) is 34.8 Å². The predicted octanol–water partition coefficient (Wildman–Crippen LogP) is 5.82. The van der Waals surface area contributed by atoms with Gasteiger partial charge in [0.15, 0.2) is 11.5 Å². The molecule has 0 heterocycles. The molecule has 3 aromatic rings. The van der Waals surface area contributed by atoms with Gasteiger partial charge in [0, 0.05) is 23.7 Å². The van der Waals surface area contributed by atoms with Crippen LogP contribution in [0, 0.1) is 0 Å². The molecule has 1 aliphatic rings. The van der Waals surface area contributed by atoms with Gasteiger partial charge in [-0.2, -0.15) is 0 Å². The summed E-state index contributed by atoms with van der Waals surface area (Å²) in [5.41, 5.74) is 1.00. The molecule has 12 heteroatoms. The van der Waals surface area contributed by atoms with Crippen LogP contribution in [0.5, 0.6) is 17.2 Å². The summed E-state index contributed by atoms with van der Waals surface area (Å²) < 4.78 is 45.9. The van der Waals surface area contributed by atoms with Gasteiger partial charge in [-0.05, 0) is 80.3 Å². The van der Waals surface area contributed by atoms with Gasteiger partial charge in [-0.15, -0.1) is 0 Å². The summed E-state index contributed by atoms with van der Waals surface area (Å²) in [6.07, 6.45) is 4.20. The maximum Gasteiger partial charge on any atom is 0.264 e. The molecule has 1 fully saturated rings. The molecule has 0 spiro atoms. The normalized spacial score (nSPS) is 13.9. The Kier molecular flexibility index (Phi) is 12.2. The van der Waals surface area contributed by atoms with E-state index in [1.165, 1.54) is 37.3 Å². The van der Waals surface area contributed by atoms with Crippen molar-refractivity contribution >= 4 is 39.1 Å². The van der Waals surface area contributed by atoms with E-state index in [4.69, 9.17) is 25.8 Å². The first-order valence-electron chi connectivity index (χ1n) is 15.4. The molecule has 1 atom stereocenters. The number of benzene rings is 3. The van der Waals surface area contributed by atoms with Gasteiger partial charge in [0.1, 0.15) is 18.3 Å². The molecule has 46 heavy (non-hydrogen) atoms. The number of ether oxygens (including phenoxy) is 3. The predicted molar refractivity (Wildman–Crippen MR) is 178 cm³/mol. The highest BCUT2D eigenvalue weighted by atomic mass is 35.5. The molecule has 3 aromatic carbocycles. The molecule has 2 amide bonds. The summed E-state index contributed by atoms with van der Waals surface area (Å²) in [7, 11) is -1.45. The van der Waals surface area contributed by atoms with Crippen LogP contribution in [0.4, 0.5) is 5.69 Å². The highest BCUT2D eigenvalue weighted by Crippen LogP contribution is 2.33. The smallest absolute Gasteiger partial charge is 0.264 e. The molecule has 4 rings (SSSR count). The number of carbonyl (C=O) groups excluding carboxylic acids is 2. The number of halogens is 1.